The maximum atomic E-state index is 13.4. The Bertz CT molecular complexity index is 539. The summed E-state index contributed by atoms with van der Waals surface area (Å²) >= 11 is 0. The zero-order valence-electron chi connectivity index (χ0n) is 9.81. The molecule has 0 radical (unpaired) electrons. The number of benzene rings is 1. The molecule has 0 saturated heterocycles. The van der Waals surface area contributed by atoms with Gasteiger partial charge < -0.3 is 5.11 Å². The average molecular weight is 231 g/mol. The first-order valence-corrected chi connectivity index (χ1v) is 5.45. The number of rotatable bonds is 2. The summed E-state index contributed by atoms with van der Waals surface area (Å²) in [5, 5.41) is 10.2. The van der Waals surface area contributed by atoms with Crippen molar-refractivity contribution in [3.8, 4) is 0 Å². The van der Waals surface area contributed by atoms with Crippen LogP contribution in [0.3, 0.4) is 0 Å². The molecule has 1 aromatic carbocycles. The van der Waals surface area contributed by atoms with Gasteiger partial charge in [-0.1, -0.05) is 18.2 Å². The zero-order chi connectivity index (χ0) is 12.4. The van der Waals surface area contributed by atoms with Gasteiger partial charge in [-0.25, -0.2) is 4.39 Å². The lowest BCUT2D eigenvalue weighted by molar-refractivity contribution is 0.214. The Hall–Kier alpha value is -1.74. The number of aryl methyl sites for hydroxylation is 2. The highest BCUT2D eigenvalue weighted by Crippen LogP contribution is 2.24. The first kappa shape index (κ1) is 11.7. The van der Waals surface area contributed by atoms with Crippen LogP contribution in [0.15, 0.2) is 36.5 Å². The molecule has 1 unspecified atom stereocenters. The predicted octanol–water partition coefficient (Wildman–Crippen LogP) is 2.92. The van der Waals surface area contributed by atoms with Gasteiger partial charge in [-0.2, -0.15) is 0 Å². The maximum absolute atomic E-state index is 13.4. The van der Waals surface area contributed by atoms with Gasteiger partial charge in [0.15, 0.2) is 0 Å². The van der Waals surface area contributed by atoms with E-state index in [0.717, 1.165) is 5.56 Å². The van der Waals surface area contributed by atoms with Gasteiger partial charge in [0.05, 0.1) is 5.69 Å². The third kappa shape index (κ3) is 2.34. The van der Waals surface area contributed by atoms with Crippen LogP contribution in [0.25, 0.3) is 0 Å². The van der Waals surface area contributed by atoms with Crippen LogP contribution in [-0.2, 0) is 0 Å². The number of aliphatic hydroxyl groups excluding tert-OH is 1. The van der Waals surface area contributed by atoms with Crippen LogP contribution in [0.5, 0.6) is 0 Å². The first-order chi connectivity index (χ1) is 8.09. The average Bonchev–Trinajstić information content (AvgIpc) is 2.32. The van der Waals surface area contributed by atoms with Crippen molar-refractivity contribution in [2.75, 3.05) is 0 Å². The molecule has 0 spiro atoms. The molecule has 0 fully saturated rings. The van der Waals surface area contributed by atoms with Gasteiger partial charge in [-0.15, -0.1) is 0 Å². The quantitative estimate of drug-likeness (QED) is 0.862. The summed E-state index contributed by atoms with van der Waals surface area (Å²) in [7, 11) is 0. The molecule has 0 aliphatic rings. The van der Waals surface area contributed by atoms with Gasteiger partial charge in [-0.3, -0.25) is 4.98 Å². The Morgan fingerprint density at radius 2 is 1.94 bits per heavy atom. The van der Waals surface area contributed by atoms with Gasteiger partial charge in [0, 0.05) is 6.20 Å². The standard InChI is InChI=1S/C14H14FNO/c1-9-5-6-11(8-12(9)15)14(17)13-10(2)4-3-7-16-13/h3-8,14,17H,1-2H3. The normalized spacial score (nSPS) is 12.5. The van der Waals surface area contributed by atoms with E-state index in [1.54, 1.807) is 31.3 Å². The Balaban J connectivity index is 2.40. The van der Waals surface area contributed by atoms with E-state index in [9.17, 15) is 9.50 Å². The van der Waals surface area contributed by atoms with Crippen molar-refractivity contribution in [2.24, 2.45) is 0 Å². The summed E-state index contributed by atoms with van der Waals surface area (Å²) in [6.45, 7) is 3.56. The number of halogens is 1. The largest absolute Gasteiger partial charge is 0.382 e. The summed E-state index contributed by atoms with van der Waals surface area (Å²) in [6.07, 6.45) is 0.738. The second kappa shape index (κ2) is 4.63. The van der Waals surface area contributed by atoms with Crippen LogP contribution in [0.2, 0.25) is 0 Å². The summed E-state index contributed by atoms with van der Waals surface area (Å²) in [4.78, 5) is 4.13. The van der Waals surface area contributed by atoms with Crippen molar-refractivity contribution in [2.45, 2.75) is 20.0 Å². The Morgan fingerprint density at radius 3 is 2.59 bits per heavy atom. The monoisotopic (exact) mass is 231 g/mol. The minimum atomic E-state index is -0.883. The molecule has 0 aliphatic carbocycles. The summed E-state index contributed by atoms with van der Waals surface area (Å²) in [5.41, 5.74) is 2.55. The molecule has 2 aromatic rings. The third-order valence-corrected chi connectivity index (χ3v) is 2.82. The third-order valence-electron chi connectivity index (χ3n) is 2.82. The van der Waals surface area contributed by atoms with Gasteiger partial charge >= 0.3 is 0 Å². The van der Waals surface area contributed by atoms with E-state index in [2.05, 4.69) is 4.98 Å². The van der Waals surface area contributed by atoms with E-state index in [4.69, 9.17) is 0 Å². The lowest BCUT2D eigenvalue weighted by atomic mass is 10.0. The molecule has 1 heterocycles. The van der Waals surface area contributed by atoms with E-state index >= 15 is 0 Å². The van der Waals surface area contributed by atoms with Crippen LogP contribution in [0.4, 0.5) is 4.39 Å². The van der Waals surface area contributed by atoms with Crippen molar-refractivity contribution in [1.29, 1.82) is 0 Å². The number of hydrogen-bond acceptors (Lipinski definition) is 2. The molecule has 0 saturated carbocycles. The minimum absolute atomic E-state index is 0.310. The molecule has 1 atom stereocenters. The van der Waals surface area contributed by atoms with Gasteiger partial charge in [-0.05, 0) is 42.7 Å². The number of aromatic nitrogens is 1. The predicted molar refractivity (Wildman–Crippen MR) is 64.2 cm³/mol. The maximum Gasteiger partial charge on any atom is 0.126 e. The van der Waals surface area contributed by atoms with Crippen molar-refractivity contribution >= 4 is 0 Å². The lowest BCUT2D eigenvalue weighted by Gasteiger charge is -2.13. The van der Waals surface area contributed by atoms with Crippen LogP contribution in [-0.4, -0.2) is 10.1 Å². The molecular formula is C14H14FNO. The van der Waals surface area contributed by atoms with Crippen molar-refractivity contribution in [3.05, 3.63) is 64.7 Å². The molecule has 2 nitrogen and oxygen atoms in total. The fourth-order valence-electron chi connectivity index (χ4n) is 1.72. The van der Waals surface area contributed by atoms with Gasteiger partial charge in [0.1, 0.15) is 11.9 Å². The second-order valence-corrected chi connectivity index (χ2v) is 4.12. The number of pyridine rings is 1. The lowest BCUT2D eigenvalue weighted by Crippen LogP contribution is -2.05. The fourth-order valence-corrected chi connectivity index (χ4v) is 1.72. The van der Waals surface area contributed by atoms with E-state index in [1.165, 1.54) is 6.07 Å². The minimum Gasteiger partial charge on any atom is -0.382 e. The Morgan fingerprint density at radius 1 is 1.18 bits per heavy atom. The van der Waals surface area contributed by atoms with Gasteiger partial charge in [0.25, 0.3) is 0 Å². The Labute approximate surface area is 99.8 Å². The smallest absolute Gasteiger partial charge is 0.126 e. The van der Waals surface area contributed by atoms with Crippen molar-refractivity contribution < 1.29 is 9.50 Å². The molecule has 1 aromatic heterocycles. The number of aliphatic hydroxyl groups is 1. The number of nitrogens with zero attached hydrogens (tertiary/aromatic N) is 1. The highest BCUT2D eigenvalue weighted by Gasteiger charge is 2.15. The highest BCUT2D eigenvalue weighted by molar-refractivity contribution is 5.32. The molecule has 2 rings (SSSR count). The molecule has 3 heteroatoms. The summed E-state index contributed by atoms with van der Waals surface area (Å²) in [5.74, 6) is -0.310. The molecular weight excluding hydrogens is 217 g/mol. The van der Waals surface area contributed by atoms with E-state index in [0.29, 0.717) is 16.8 Å². The molecule has 0 aliphatic heterocycles. The Kier molecular flexibility index (Phi) is 3.20. The SMILES string of the molecule is Cc1ccc(C(O)c2ncccc2C)cc1F. The zero-order valence-corrected chi connectivity index (χ0v) is 9.81. The van der Waals surface area contributed by atoms with E-state index in [1.807, 2.05) is 13.0 Å². The second-order valence-electron chi connectivity index (χ2n) is 4.12. The van der Waals surface area contributed by atoms with Crippen molar-refractivity contribution in [1.82, 2.24) is 4.98 Å². The van der Waals surface area contributed by atoms with Crippen LogP contribution >= 0.6 is 0 Å². The summed E-state index contributed by atoms with van der Waals surface area (Å²) < 4.78 is 13.4. The molecule has 17 heavy (non-hydrogen) atoms. The molecule has 0 amide bonds. The number of hydrogen-bond donors (Lipinski definition) is 1. The summed E-state index contributed by atoms with van der Waals surface area (Å²) in [6, 6.07) is 8.41. The van der Waals surface area contributed by atoms with Crippen LogP contribution in [0.1, 0.15) is 28.5 Å². The van der Waals surface area contributed by atoms with Crippen LogP contribution < -0.4 is 0 Å². The van der Waals surface area contributed by atoms with Crippen molar-refractivity contribution in [3.63, 3.8) is 0 Å². The fraction of sp³-hybridized carbons (Fsp3) is 0.214. The molecule has 1 N–H and O–H groups in total. The van der Waals surface area contributed by atoms with Gasteiger partial charge in [0.2, 0.25) is 0 Å². The highest BCUT2D eigenvalue weighted by atomic mass is 19.1. The van der Waals surface area contributed by atoms with E-state index in [-0.39, 0.29) is 5.82 Å². The molecule has 0 bridgehead atoms. The van der Waals surface area contributed by atoms with Crippen LogP contribution in [0, 0.1) is 19.7 Å². The van der Waals surface area contributed by atoms with E-state index < -0.39 is 6.10 Å². The topological polar surface area (TPSA) is 33.1 Å². The molecule has 88 valence electrons. The first-order valence-electron chi connectivity index (χ1n) is 5.45.